The molecule has 1 heterocycles. The van der Waals surface area contributed by atoms with E-state index in [9.17, 15) is 0 Å². The second kappa shape index (κ2) is 4.23. The molecule has 0 atom stereocenters. The van der Waals surface area contributed by atoms with Crippen molar-refractivity contribution < 1.29 is 0 Å². The molecule has 0 spiro atoms. The molecule has 3 rings (SSSR count). The van der Waals surface area contributed by atoms with Gasteiger partial charge in [-0.15, -0.1) is 10.2 Å². The molecule has 0 unspecified atom stereocenters. The van der Waals surface area contributed by atoms with Crippen LogP contribution in [0.2, 0.25) is 0 Å². The van der Waals surface area contributed by atoms with Gasteiger partial charge in [-0.2, -0.15) is 0 Å². The molecular weight excluding hydrogens is 280 g/mol. The summed E-state index contributed by atoms with van der Waals surface area (Å²) < 4.78 is 3.22. The van der Waals surface area contributed by atoms with Crippen LogP contribution in [-0.2, 0) is 6.54 Å². The summed E-state index contributed by atoms with van der Waals surface area (Å²) >= 11 is 3.56. The lowest BCUT2D eigenvalue weighted by Gasteiger charge is -2.08. The minimum atomic E-state index is 0.438. The largest absolute Gasteiger partial charge is 0.324 e. The SMILES string of the molecule is NCc1nnc(-c2ccccc2Br)n1C1CC1. The third-order valence-electron chi connectivity index (χ3n) is 2.98. The first kappa shape index (κ1) is 10.9. The molecule has 1 aliphatic carbocycles. The van der Waals surface area contributed by atoms with Crippen molar-refractivity contribution in [1.29, 1.82) is 0 Å². The Morgan fingerprint density at radius 1 is 1.29 bits per heavy atom. The van der Waals surface area contributed by atoms with Gasteiger partial charge in [0.05, 0.1) is 6.54 Å². The summed E-state index contributed by atoms with van der Waals surface area (Å²) in [6.45, 7) is 0.438. The van der Waals surface area contributed by atoms with E-state index in [0.29, 0.717) is 12.6 Å². The lowest BCUT2D eigenvalue weighted by atomic mass is 10.2. The topological polar surface area (TPSA) is 56.7 Å². The summed E-state index contributed by atoms with van der Waals surface area (Å²) in [6.07, 6.45) is 2.39. The van der Waals surface area contributed by atoms with Gasteiger partial charge in [0.2, 0.25) is 0 Å². The van der Waals surface area contributed by atoms with Crippen molar-refractivity contribution in [1.82, 2.24) is 14.8 Å². The first-order valence-corrected chi connectivity index (χ1v) is 6.49. The highest BCUT2D eigenvalue weighted by Crippen LogP contribution is 2.40. The summed E-state index contributed by atoms with van der Waals surface area (Å²) in [6, 6.07) is 8.60. The van der Waals surface area contributed by atoms with Gasteiger partial charge in [-0.1, -0.05) is 34.1 Å². The summed E-state index contributed by atoms with van der Waals surface area (Å²) in [7, 11) is 0. The van der Waals surface area contributed by atoms with Crippen LogP contribution in [0.15, 0.2) is 28.7 Å². The summed E-state index contributed by atoms with van der Waals surface area (Å²) in [5.41, 5.74) is 6.79. The van der Waals surface area contributed by atoms with Crippen LogP contribution in [0.3, 0.4) is 0 Å². The van der Waals surface area contributed by atoms with Gasteiger partial charge in [-0.3, -0.25) is 0 Å². The molecule has 88 valence electrons. The van der Waals surface area contributed by atoms with E-state index < -0.39 is 0 Å². The molecule has 5 heteroatoms. The van der Waals surface area contributed by atoms with E-state index in [0.717, 1.165) is 21.7 Å². The smallest absolute Gasteiger partial charge is 0.165 e. The Hall–Kier alpha value is -1.20. The molecule has 4 nitrogen and oxygen atoms in total. The number of aromatic nitrogens is 3. The highest BCUT2D eigenvalue weighted by Gasteiger charge is 2.29. The van der Waals surface area contributed by atoms with E-state index in [-0.39, 0.29) is 0 Å². The minimum Gasteiger partial charge on any atom is -0.324 e. The van der Waals surface area contributed by atoms with Crippen LogP contribution in [0.5, 0.6) is 0 Å². The molecular formula is C12H13BrN4. The molecule has 0 bridgehead atoms. The van der Waals surface area contributed by atoms with Gasteiger partial charge in [-0.05, 0) is 18.9 Å². The molecule has 1 fully saturated rings. The fourth-order valence-electron chi connectivity index (χ4n) is 2.01. The van der Waals surface area contributed by atoms with Crippen LogP contribution in [0.25, 0.3) is 11.4 Å². The molecule has 0 saturated heterocycles. The molecule has 17 heavy (non-hydrogen) atoms. The van der Waals surface area contributed by atoms with Crippen LogP contribution in [0.4, 0.5) is 0 Å². The van der Waals surface area contributed by atoms with E-state index >= 15 is 0 Å². The maximum absolute atomic E-state index is 5.71. The number of nitrogens with two attached hydrogens (primary N) is 1. The van der Waals surface area contributed by atoms with Crippen molar-refractivity contribution in [2.75, 3.05) is 0 Å². The molecule has 0 aliphatic heterocycles. The average molecular weight is 293 g/mol. The third kappa shape index (κ3) is 1.89. The first-order valence-electron chi connectivity index (χ1n) is 5.70. The molecule has 1 aromatic carbocycles. The second-order valence-corrected chi connectivity index (χ2v) is 5.08. The number of halogens is 1. The molecule has 1 saturated carbocycles. The predicted molar refractivity (Wildman–Crippen MR) is 69.3 cm³/mol. The van der Waals surface area contributed by atoms with Crippen LogP contribution >= 0.6 is 15.9 Å². The predicted octanol–water partition coefficient (Wildman–Crippen LogP) is 2.50. The monoisotopic (exact) mass is 292 g/mol. The Morgan fingerprint density at radius 2 is 2.06 bits per heavy atom. The van der Waals surface area contributed by atoms with Gasteiger partial charge >= 0.3 is 0 Å². The molecule has 1 aromatic heterocycles. The minimum absolute atomic E-state index is 0.438. The highest BCUT2D eigenvalue weighted by atomic mass is 79.9. The van der Waals surface area contributed by atoms with Gasteiger partial charge in [0.1, 0.15) is 5.82 Å². The number of nitrogens with zero attached hydrogens (tertiary/aromatic N) is 3. The van der Waals surface area contributed by atoms with E-state index in [1.165, 1.54) is 12.8 Å². The van der Waals surface area contributed by atoms with E-state index in [1.807, 2.05) is 24.3 Å². The van der Waals surface area contributed by atoms with Crippen LogP contribution in [0, 0.1) is 0 Å². The van der Waals surface area contributed by atoms with E-state index in [4.69, 9.17) is 5.73 Å². The zero-order chi connectivity index (χ0) is 11.8. The maximum Gasteiger partial charge on any atom is 0.165 e. The van der Waals surface area contributed by atoms with Gasteiger partial charge in [0, 0.05) is 16.1 Å². The molecule has 1 aliphatic rings. The molecule has 2 N–H and O–H groups in total. The van der Waals surface area contributed by atoms with E-state index in [1.54, 1.807) is 0 Å². The zero-order valence-electron chi connectivity index (χ0n) is 9.31. The fourth-order valence-corrected chi connectivity index (χ4v) is 2.47. The first-order chi connectivity index (χ1) is 8.31. The fraction of sp³-hybridized carbons (Fsp3) is 0.333. The standard InChI is InChI=1S/C12H13BrN4/c13-10-4-2-1-3-9(10)12-16-15-11(7-14)17(12)8-5-6-8/h1-4,8H,5-7,14H2. The second-order valence-electron chi connectivity index (χ2n) is 4.22. The zero-order valence-corrected chi connectivity index (χ0v) is 10.9. The lowest BCUT2D eigenvalue weighted by Crippen LogP contribution is -2.08. The average Bonchev–Trinajstić information content (AvgIpc) is 3.10. The summed E-state index contributed by atoms with van der Waals surface area (Å²) in [5.74, 6) is 1.79. The highest BCUT2D eigenvalue weighted by molar-refractivity contribution is 9.10. The normalized spacial score (nSPS) is 15.2. The number of hydrogen-bond donors (Lipinski definition) is 1. The van der Waals surface area contributed by atoms with Crippen LogP contribution < -0.4 is 5.73 Å². The van der Waals surface area contributed by atoms with Gasteiger partial charge < -0.3 is 10.3 Å². The Morgan fingerprint density at radius 3 is 2.71 bits per heavy atom. The molecule has 0 radical (unpaired) electrons. The summed E-state index contributed by atoms with van der Waals surface area (Å²) in [4.78, 5) is 0. The number of hydrogen-bond acceptors (Lipinski definition) is 3. The quantitative estimate of drug-likeness (QED) is 0.946. The van der Waals surface area contributed by atoms with Crippen LogP contribution in [-0.4, -0.2) is 14.8 Å². The lowest BCUT2D eigenvalue weighted by molar-refractivity contribution is 0.687. The Kier molecular flexibility index (Phi) is 2.72. The number of rotatable bonds is 3. The van der Waals surface area contributed by atoms with Gasteiger partial charge in [0.15, 0.2) is 5.82 Å². The van der Waals surface area contributed by atoms with Crippen molar-refractivity contribution in [2.24, 2.45) is 5.73 Å². The van der Waals surface area contributed by atoms with Gasteiger partial charge in [0.25, 0.3) is 0 Å². The maximum atomic E-state index is 5.71. The molecule has 0 amide bonds. The Labute approximate surface area is 108 Å². The van der Waals surface area contributed by atoms with Crippen molar-refractivity contribution in [3.63, 3.8) is 0 Å². The number of benzene rings is 1. The molecule has 2 aromatic rings. The van der Waals surface area contributed by atoms with Crippen molar-refractivity contribution in [3.05, 3.63) is 34.6 Å². The Balaban J connectivity index is 2.14. The van der Waals surface area contributed by atoms with Crippen LogP contribution in [0.1, 0.15) is 24.7 Å². The Bertz CT molecular complexity index is 545. The third-order valence-corrected chi connectivity index (χ3v) is 3.67. The van der Waals surface area contributed by atoms with Crippen molar-refractivity contribution in [2.45, 2.75) is 25.4 Å². The van der Waals surface area contributed by atoms with Crippen molar-refractivity contribution >= 4 is 15.9 Å². The van der Waals surface area contributed by atoms with Crippen molar-refractivity contribution in [3.8, 4) is 11.4 Å². The summed E-state index contributed by atoms with van der Waals surface area (Å²) in [5, 5.41) is 8.46. The van der Waals surface area contributed by atoms with E-state index in [2.05, 4.69) is 30.7 Å². The van der Waals surface area contributed by atoms with Gasteiger partial charge in [-0.25, -0.2) is 0 Å².